The fourth-order valence-corrected chi connectivity index (χ4v) is 5.03. The number of ether oxygens (including phenoxy) is 2. The molecule has 0 saturated carbocycles. The van der Waals surface area contributed by atoms with E-state index in [0.717, 1.165) is 16.1 Å². The molecule has 0 spiro atoms. The Morgan fingerprint density at radius 2 is 1.59 bits per heavy atom. The van der Waals surface area contributed by atoms with Crippen molar-refractivity contribution in [3.8, 4) is 0 Å². The van der Waals surface area contributed by atoms with Gasteiger partial charge in [-0.2, -0.15) is 0 Å². The van der Waals surface area contributed by atoms with Crippen LogP contribution in [0.15, 0.2) is 66.0 Å². The maximum Gasteiger partial charge on any atom is 0.408 e. The highest BCUT2D eigenvalue weighted by atomic mass is 32.1. The fourth-order valence-electron chi connectivity index (χ4n) is 4.16. The molecule has 1 aliphatic rings. The average Bonchev–Trinajstić information content (AvgIpc) is 3.59. The first kappa shape index (κ1) is 29.5. The van der Waals surface area contributed by atoms with Gasteiger partial charge in [0.15, 0.2) is 0 Å². The lowest BCUT2D eigenvalue weighted by Crippen LogP contribution is -2.48. The first-order chi connectivity index (χ1) is 19.8. The van der Waals surface area contributed by atoms with E-state index in [2.05, 4.69) is 21.0 Å². The smallest absolute Gasteiger partial charge is 0.408 e. The van der Waals surface area contributed by atoms with Gasteiger partial charge in [-0.05, 0) is 29.9 Å². The predicted molar refractivity (Wildman–Crippen MR) is 151 cm³/mol. The molecular weight excluding hydrogens is 546 g/mol. The van der Waals surface area contributed by atoms with Crippen molar-refractivity contribution in [1.29, 1.82) is 0 Å². The number of amides is 4. The molecule has 1 aromatic heterocycles. The van der Waals surface area contributed by atoms with Gasteiger partial charge >= 0.3 is 12.2 Å². The van der Waals surface area contributed by atoms with Gasteiger partial charge in [0.05, 0.1) is 6.04 Å². The Balaban J connectivity index is 1.28. The molecule has 1 aliphatic heterocycles. The number of hydrogen-bond acceptors (Lipinski definition) is 8. The molecule has 1 saturated heterocycles. The van der Waals surface area contributed by atoms with E-state index in [4.69, 9.17) is 9.47 Å². The van der Waals surface area contributed by atoms with Crippen molar-refractivity contribution in [2.24, 2.45) is 5.92 Å². The number of benzene rings is 2. The van der Waals surface area contributed by atoms with E-state index in [1.54, 1.807) is 5.38 Å². The van der Waals surface area contributed by atoms with Crippen LogP contribution in [0.1, 0.15) is 59.4 Å². The molecule has 216 valence electrons. The first-order valence-corrected chi connectivity index (χ1v) is 14.2. The van der Waals surface area contributed by atoms with Gasteiger partial charge in [-0.15, -0.1) is 11.3 Å². The quantitative estimate of drug-likeness (QED) is 0.307. The summed E-state index contributed by atoms with van der Waals surface area (Å²) in [5.41, 5.74) is 4.37. The van der Waals surface area contributed by atoms with Gasteiger partial charge in [0.1, 0.15) is 30.0 Å². The molecular formula is C29H33N5O6S. The Labute approximate surface area is 242 Å². The summed E-state index contributed by atoms with van der Waals surface area (Å²) in [6.07, 6.45) is -0.388. The van der Waals surface area contributed by atoms with Crippen molar-refractivity contribution in [2.45, 2.75) is 52.0 Å². The second-order valence-corrected chi connectivity index (χ2v) is 10.8. The maximum atomic E-state index is 12.9. The zero-order valence-electron chi connectivity index (χ0n) is 22.9. The van der Waals surface area contributed by atoms with Crippen LogP contribution in [0.5, 0.6) is 0 Å². The van der Waals surface area contributed by atoms with Gasteiger partial charge < -0.3 is 20.1 Å². The molecule has 4 rings (SSSR count). The van der Waals surface area contributed by atoms with E-state index < -0.39 is 36.1 Å². The van der Waals surface area contributed by atoms with E-state index in [9.17, 15) is 19.2 Å². The number of hydrazine groups is 1. The Kier molecular flexibility index (Phi) is 10.3. The molecule has 3 N–H and O–H groups in total. The summed E-state index contributed by atoms with van der Waals surface area (Å²) < 4.78 is 10.5. The SMILES string of the molecule is CC(C)C[C@H](NC(=O)OCc1ccccc1)c1nc(C(=O)NN2CC[C@@H](NC(=O)OCc3ccccc3)C2=O)cs1. The van der Waals surface area contributed by atoms with Gasteiger partial charge in [0.25, 0.3) is 11.8 Å². The molecule has 0 radical (unpaired) electrons. The summed E-state index contributed by atoms with van der Waals surface area (Å²) in [5.74, 6) is -0.782. The van der Waals surface area contributed by atoms with Crippen LogP contribution in [0.4, 0.5) is 9.59 Å². The third kappa shape index (κ3) is 8.77. The molecule has 2 aromatic carbocycles. The Morgan fingerprint density at radius 1 is 0.976 bits per heavy atom. The molecule has 0 bridgehead atoms. The molecule has 11 nitrogen and oxygen atoms in total. The normalized spacial score (nSPS) is 15.3. The Bertz CT molecular complexity index is 1330. The van der Waals surface area contributed by atoms with Crippen LogP contribution in [0.2, 0.25) is 0 Å². The number of carbonyl (C=O) groups excluding carboxylic acids is 4. The zero-order chi connectivity index (χ0) is 29.2. The minimum atomic E-state index is -0.814. The zero-order valence-corrected chi connectivity index (χ0v) is 23.7. The predicted octanol–water partition coefficient (Wildman–Crippen LogP) is 4.33. The van der Waals surface area contributed by atoms with E-state index in [1.165, 1.54) is 11.3 Å². The van der Waals surface area contributed by atoms with Crippen molar-refractivity contribution >= 4 is 35.3 Å². The molecule has 41 heavy (non-hydrogen) atoms. The molecule has 0 aliphatic carbocycles. The second-order valence-electron chi connectivity index (χ2n) is 9.94. The molecule has 1 fully saturated rings. The number of carbonyl (C=O) groups is 4. The lowest BCUT2D eigenvalue weighted by Gasteiger charge is -2.19. The van der Waals surface area contributed by atoms with Crippen LogP contribution in [-0.2, 0) is 27.5 Å². The van der Waals surface area contributed by atoms with E-state index >= 15 is 0 Å². The van der Waals surface area contributed by atoms with Crippen LogP contribution in [0.3, 0.4) is 0 Å². The molecule has 3 aromatic rings. The summed E-state index contributed by atoms with van der Waals surface area (Å²) in [6.45, 7) is 4.48. The molecule has 2 heterocycles. The summed E-state index contributed by atoms with van der Waals surface area (Å²) in [4.78, 5) is 54.7. The number of alkyl carbamates (subject to hydrolysis) is 2. The van der Waals surface area contributed by atoms with Crippen molar-refractivity contribution in [3.05, 3.63) is 87.9 Å². The van der Waals surface area contributed by atoms with Gasteiger partial charge in [-0.1, -0.05) is 74.5 Å². The molecule has 12 heteroatoms. The highest BCUT2D eigenvalue weighted by Gasteiger charge is 2.35. The first-order valence-electron chi connectivity index (χ1n) is 13.3. The van der Waals surface area contributed by atoms with E-state index in [-0.39, 0.29) is 31.4 Å². The van der Waals surface area contributed by atoms with Crippen LogP contribution < -0.4 is 16.1 Å². The topological polar surface area (TPSA) is 139 Å². The molecule has 0 unspecified atom stereocenters. The molecule has 4 amide bonds. The number of nitrogens with one attached hydrogen (secondary N) is 3. The number of aromatic nitrogens is 1. The van der Waals surface area contributed by atoms with E-state index in [0.29, 0.717) is 17.8 Å². The lowest BCUT2D eigenvalue weighted by molar-refractivity contribution is -0.131. The minimum absolute atomic E-state index is 0.0810. The summed E-state index contributed by atoms with van der Waals surface area (Å²) >= 11 is 1.24. The number of nitrogens with zero attached hydrogens (tertiary/aromatic N) is 2. The van der Waals surface area contributed by atoms with Crippen molar-refractivity contribution in [3.63, 3.8) is 0 Å². The van der Waals surface area contributed by atoms with Crippen LogP contribution in [0, 0.1) is 5.92 Å². The lowest BCUT2D eigenvalue weighted by atomic mass is 10.0. The summed E-state index contributed by atoms with van der Waals surface area (Å²) in [7, 11) is 0. The third-order valence-corrected chi connectivity index (χ3v) is 7.17. The largest absolute Gasteiger partial charge is 0.445 e. The van der Waals surface area contributed by atoms with Gasteiger partial charge in [-0.25, -0.2) is 14.6 Å². The highest BCUT2D eigenvalue weighted by molar-refractivity contribution is 7.09. The Hall–Kier alpha value is -4.45. The monoisotopic (exact) mass is 579 g/mol. The fraction of sp³-hybridized carbons (Fsp3) is 0.345. The van der Waals surface area contributed by atoms with Crippen molar-refractivity contribution < 1.29 is 28.7 Å². The van der Waals surface area contributed by atoms with Gasteiger partial charge in [0, 0.05) is 11.9 Å². The van der Waals surface area contributed by atoms with E-state index in [1.807, 2.05) is 74.5 Å². The third-order valence-electron chi connectivity index (χ3n) is 6.21. The standard InChI is InChI=1S/C29H33N5O6S/c1-19(2)15-23(32-29(38)40-17-21-11-7-4-8-12-21)26-30-24(18-41-26)25(35)33-34-14-13-22(27(34)36)31-28(37)39-16-20-9-5-3-6-10-20/h3-12,18-19,22-23H,13-17H2,1-2H3,(H,31,37)(H,32,38)(H,33,35)/t22-,23+/m1/s1. The number of thiazole rings is 1. The van der Waals surface area contributed by atoms with Crippen molar-refractivity contribution in [1.82, 2.24) is 26.1 Å². The van der Waals surface area contributed by atoms with Crippen LogP contribution in [0.25, 0.3) is 0 Å². The average molecular weight is 580 g/mol. The maximum absolute atomic E-state index is 12.9. The minimum Gasteiger partial charge on any atom is -0.445 e. The molecule has 2 atom stereocenters. The Morgan fingerprint density at radius 3 is 2.20 bits per heavy atom. The summed E-state index contributed by atoms with van der Waals surface area (Å²) in [6, 6.07) is 17.3. The van der Waals surface area contributed by atoms with Crippen molar-refractivity contribution in [2.75, 3.05) is 6.54 Å². The van der Waals surface area contributed by atoms with Crippen LogP contribution >= 0.6 is 11.3 Å². The van der Waals surface area contributed by atoms with Gasteiger partial charge in [0.2, 0.25) is 0 Å². The van der Waals surface area contributed by atoms with Crippen LogP contribution in [-0.4, -0.2) is 46.6 Å². The number of rotatable bonds is 11. The number of hydrogen-bond donors (Lipinski definition) is 3. The highest BCUT2D eigenvalue weighted by Crippen LogP contribution is 2.25. The summed E-state index contributed by atoms with van der Waals surface area (Å²) in [5, 5.41) is 8.69. The van der Waals surface area contributed by atoms with Gasteiger partial charge in [-0.3, -0.25) is 20.0 Å². The second kappa shape index (κ2) is 14.3.